The fourth-order valence-electron chi connectivity index (χ4n) is 6.72. The molecule has 2 aliphatic rings. The predicted molar refractivity (Wildman–Crippen MR) is 178 cm³/mol. The Bertz CT molecular complexity index is 2280. The number of aliphatic hydroxyl groups is 1. The van der Waals surface area contributed by atoms with Gasteiger partial charge in [-0.3, -0.25) is 0 Å². The van der Waals surface area contributed by atoms with Gasteiger partial charge in [-0.1, -0.05) is 12.1 Å². The van der Waals surface area contributed by atoms with Crippen molar-refractivity contribution in [1.29, 1.82) is 0 Å². The lowest BCUT2D eigenvalue weighted by Gasteiger charge is -2.40. The molecule has 0 amide bonds. The lowest BCUT2D eigenvalue weighted by molar-refractivity contribution is -0.0210. The minimum Gasteiger partial charge on any atom is -0.508 e. The van der Waals surface area contributed by atoms with Gasteiger partial charge in [0, 0.05) is 46.9 Å². The number of benzene rings is 5. The van der Waals surface area contributed by atoms with Crippen LogP contribution in [0.15, 0.2) is 66.7 Å². The molecule has 7 rings (SSSR count). The van der Waals surface area contributed by atoms with Crippen LogP contribution in [0, 0.1) is 0 Å². The largest absolute Gasteiger partial charge is 0.508 e. The highest BCUT2D eigenvalue weighted by Gasteiger charge is 2.47. The van der Waals surface area contributed by atoms with Crippen molar-refractivity contribution in [3.63, 3.8) is 0 Å². The number of aromatic hydroxyl groups is 11. The van der Waals surface area contributed by atoms with Crippen LogP contribution in [0.3, 0.4) is 0 Å². The number of ether oxygens (including phenoxy) is 3. The smallest absolute Gasteiger partial charge is 0.338 e. The number of hydrogen-bond donors (Lipinski definition) is 12. The van der Waals surface area contributed by atoms with Gasteiger partial charge in [-0.2, -0.15) is 0 Å². The van der Waals surface area contributed by atoms with Crippen LogP contribution >= 0.6 is 0 Å². The first-order valence-electron chi connectivity index (χ1n) is 15.8. The first-order valence-corrected chi connectivity index (χ1v) is 15.8. The van der Waals surface area contributed by atoms with Gasteiger partial charge in [0.2, 0.25) is 0 Å². The van der Waals surface area contributed by atoms with E-state index in [4.69, 9.17) is 14.2 Å². The fourth-order valence-corrected chi connectivity index (χ4v) is 6.72. The SMILES string of the molecule is O=C(O[C@H]1Cc2c(O)cc(O)c([C@H]3c4c(O)cc(O)cc4O[C@H](c4ccc(O)c(O)c4)[C@@H]3O)c2O[C@@H]1c1ccc(O)c(O)c1)c1cc(O)c(O)c(O)c1. The number of carbonyl (C=O) groups excluding carboxylic acids is 1. The molecule has 5 atom stereocenters. The Kier molecular flexibility index (Phi) is 8.18. The second-order valence-corrected chi connectivity index (χ2v) is 12.6. The van der Waals surface area contributed by atoms with Crippen molar-refractivity contribution < 1.29 is 80.3 Å². The van der Waals surface area contributed by atoms with E-state index in [1.807, 2.05) is 0 Å². The van der Waals surface area contributed by atoms with Crippen molar-refractivity contribution in [2.24, 2.45) is 0 Å². The van der Waals surface area contributed by atoms with Gasteiger partial charge < -0.3 is 75.5 Å². The van der Waals surface area contributed by atoms with E-state index >= 15 is 0 Å². The quantitative estimate of drug-likeness (QED) is 0.0899. The van der Waals surface area contributed by atoms with Crippen LogP contribution in [0.5, 0.6) is 74.7 Å². The lowest BCUT2D eigenvalue weighted by atomic mass is 9.77. The Morgan fingerprint density at radius 2 is 1.17 bits per heavy atom. The summed E-state index contributed by atoms with van der Waals surface area (Å²) in [4.78, 5) is 13.4. The molecule has 0 aliphatic carbocycles. The summed E-state index contributed by atoms with van der Waals surface area (Å²) in [5.74, 6) is -9.84. The Labute approximate surface area is 297 Å². The maximum Gasteiger partial charge on any atom is 0.338 e. The number of phenols is 11. The van der Waals surface area contributed by atoms with E-state index < -0.39 is 105 Å². The standard InChI is InChI=1S/C37H30O16/c38-16-9-23(44)29-27(10-16)51-35(14-2-4-19(40)22(43)6-14)33(49)31(29)30-24(45)12-20(41)17-11-28(52-37(50)15-7-25(46)32(48)26(47)8-15)34(53-36(17)30)13-1-3-18(39)21(42)5-13/h1-10,12,28,31,33-35,38-49H,11H2/t28-,31+,33+,34+,35+/m0/s1. The van der Waals surface area contributed by atoms with Crippen LogP contribution in [-0.4, -0.2) is 79.5 Å². The Morgan fingerprint density at radius 3 is 1.77 bits per heavy atom. The van der Waals surface area contributed by atoms with Crippen LogP contribution in [-0.2, 0) is 11.2 Å². The zero-order valence-corrected chi connectivity index (χ0v) is 26.9. The fraction of sp³-hybridized carbons (Fsp3) is 0.162. The van der Waals surface area contributed by atoms with Crippen LogP contribution < -0.4 is 9.47 Å². The van der Waals surface area contributed by atoms with E-state index in [-0.39, 0.29) is 45.7 Å². The van der Waals surface area contributed by atoms with E-state index in [0.29, 0.717) is 0 Å². The molecule has 0 saturated carbocycles. The molecule has 2 aliphatic heterocycles. The predicted octanol–water partition coefficient (Wildman–Crippen LogP) is 3.98. The van der Waals surface area contributed by atoms with Crippen LogP contribution in [0.4, 0.5) is 0 Å². The van der Waals surface area contributed by atoms with Crippen LogP contribution in [0.2, 0.25) is 0 Å². The summed E-state index contributed by atoms with van der Waals surface area (Å²) < 4.78 is 18.1. The highest BCUT2D eigenvalue weighted by Crippen LogP contribution is 2.57. The summed E-state index contributed by atoms with van der Waals surface area (Å²) in [5.41, 5.74) is -0.556. The zero-order chi connectivity index (χ0) is 38.0. The maximum absolute atomic E-state index is 13.4. The van der Waals surface area contributed by atoms with E-state index in [9.17, 15) is 66.1 Å². The maximum atomic E-state index is 13.4. The van der Waals surface area contributed by atoms with Crippen molar-refractivity contribution in [1.82, 2.24) is 0 Å². The van der Waals surface area contributed by atoms with Gasteiger partial charge in [0.25, 0.3) is 0 Å². The molecule has 5 aromatic rings. The minimum atomic E-state index is -1.72. The van der Waals surface area contributed by atoms with Gasteiger partial charge in [-0.05, 0) is 42.0 Å². The molecule has 16 heteroatoms. The van der Waals surface area contributed by atoms with Crippen molar-refractivity contribution in [3.8, 4) is 74.7 Å². The molecule has 0 radical (unpaired) electrons. The Morgan fingerprint density at radius 1 is 0.585 bits per heavy atom. The molecule has 53 heavy (non-hydrogen) atoms. The highest BCUT2D eigenvalue weighted by molar-refractivity contribution is 5.91. The monoisotopic (exact) mass is 730 g/mol. The lowest BCUT2D eigenvalue weighted by Crippen LogP contribution is -2.38. The number of rotatable bonds is 5. The van der Waals surface area contributed by atoms with Gasteiger partial charge in [0.1, 0.15) is 46.7 Å². The number of aliphatic hydroxyl groups excluding tert-OH is 1. The second kappa shape index (κ2) is 12.6. The van der Waals surface area contributed by atoms with Gasteiger partial charge in [0.15, 0.2) is 52.5 Å². The molecule has 274 valence electrons. The summed E-state index contributed by atoms with van der Waals surface area (Å²) in [5, 5.41) is 126. The molecule has 5 aromatic carbocycles. The first kappa shape index (κ1) is 34.4. The van der Waals surface area contributed by atoms with Crippen LogP contribution in [0.25, 0.3) is 0 Å². The normalized spacial score (nSPS) is 20.4. The number of hydrogen-bond acceptors (Lipinski definition) is 16. The van der Waals surface area contributed by atoms with Crippen LogP contribution in [0.1, 0.15) is 56.3 Å². The molecule has 0 bridgehead atoms. The molecular weight excluding hydrogens is 700 g/mol. The van der Waals surface area contributed by atoms with Gasteiger partial charge >= 0.3 is 5.97 Å². The Hall–Kier alpha value is -7.07. The molecule has 0 saturated heterocycles. The summed E-state index contributed by atoms with van der Waals surface area (Å²) in [7, 11) is 0. The van der Waals surface area contributed by atoms with Gasteiger partial charge in [0.05, 0.1) is 11.5 Å². The molecule has 0 unspecified atom stereocenters. The van der Waals surface area contributed by atoms with Gasteiger partial charge in [-0.15, -0.1) is 0 Å². The first-order chi connectivity index (χ1) is 25.1. The van der Waals surface area contributed by atoms with Crippen molar-refractivity contribution in [3.05, 3.63) is 100 Å². The second-order valence-electron chi connectivity index (χ2n) is 12.6. The molecule has 2 heterocycles. The van der Waals surface area contributed by atoms with Crippen molar-refractivity contribution in [2.75, 3.05) is 0 Å². The topological polar surface area (TPSA) is 288 Å². The van der Waals surface area contributed by atoms with E-state index in [1.165, 1.54) is 12.1 Å². The summed E-state index contributed by atoms with van der Waals surface area (Å²) in [6.07, 6.45) is -6.22. The minimum absolute atomic E-state index is 0.0661. The third-order valence-electron chi connectivity index (χ3n) is 9.22. The molecular formula is C37H30O16. The van der Waals surface area contributed by atoms with E-state index in [2.05, 4.69) is 0 Å². The molecule has 0 spiro atoms. The number of phenolic OH excluding ortho intramolecular Hbond substituents is 11. The van der Waals surface area contributed by atoms with Gasteiger partial charge in [-0.25, -0.2) is 4.79 Å². The average molecular weight is 731 g/mol. The molecule has 16 nitrogen and oxygen atoms in total. The van der Waals surface area contributed by atoms with E-state index in [1.54, 1.807) is 0 Å². The number of carbonyl (C=O) groups is 1. The number of esters is 1. The zero-order valence-electron chi connectivity index (χ0n) is 26.9. The third-order valence-corrected chi connectivity index (χ3v) is 9.22. The van der Waals surface area contributed by atoms with Crippen molar-refractivity contribution in [2.45, 2.75) is 36.8 Å². The highest BCUT2D eigenvalue weighted by atomic mass is 16.6. The molecule has 0 fully saturated rings. The third kappa shape index (κ3) is 5.85. The van der Waals surface area contributed by atoms with E-state index in [0.717, 1.165) is 54.6 Å². The average Bonchev–Trinajstić information content (AvgIpc) is 3.10. The van der Waals surface area contributed by atoms with Crippen molar-refractivity contribution >= 4 is 5.97 Å². The number of fused-ring (bicyclic) bond motifs is 2. The molecule has 12 N–H and O–H groups in total. The summed E-state index contributed by atoms with van der Waals surface area (Å²) in [6, 6.07) is 11.9. The molecule has 0 aromatic heterocycles. The summed E-state index contributed by atoms with van der Waals surface area (Å²) >= 11 is 0. The Balaban J connectivity index is 1.39. The summed E-state index contributed by atoms with van der Waals surface area (Å²) in [6.45, 7) is 0.